The van der Waals surface area contributed by atoms with E-state index in [1.807, 2.05) is 24.3 Å². The molecule has 8 heteroatoms. The second kappa shape index (κ2) is 9.48. The van der Waals surface area contributed by atoms with Gasteiger partial charge in [0.25, 0.3) is 0 Å². The first kappa shape index (κ1) is 22.6. The highest BCUT2D eigenvalue weighted by molar-refractivity contribution is 5.84. The number of rotatable bonds is 8. The third-order valence-electron chi connectivity index (χ3n) is 7.39. The lowest BCUT2D eigenvalue weighted by Gasteiger charge is -2.30. The normalized spacial score (nSPS) is 27.8. The molecule has 2 bridgehead atoms. The zero-order chi connectivity index (χ0) is 22.6. The minimum absolute atomic E-state index is 0.0287. The molecule has 0 radical (unpaired) electrons. The van der Waals surface area contributed by atoms with Crippen molar-refractivity contribution in [2.45, 2.75) is 56.4 Å². The van der Waals surface area contributed by atoms with Crippen LogP contribution >= 0.6 is 0 Å². The Balaban J connectivity index is 1.34. The van der Waals surface area contributed by atoms with E-state index >= 15 is 0 Å². The van der Waals surface area contributed by atoms with Gasteiger partial charge in [0.1, 0.15) is 12.4 Å². The molecular formula is C24H31FN2O5. The van der Waals surface area contributed by atoms with Crippen LogP contribution in [-0.2, 0) is 14.9 Å². The van der Waals surface area contributed by atoms with Gasteiger partial charge >= 0.3 is 6.09 Å². The van der Waals surface area contributed by atoms with Crippen LogP contribution in [0.1, 0.15) is 50.5 Å². The first-order valence-electron chi connectivity index (χ1n) is 11.3. The van der Waals surface area contributed by atoms with Crippen LogP contribution in [0.3, 0.4) is 0 Å². The molecule has 4 rings (SSSR count). The van der Waals surface area contributed by atoms with Crippen molar-refractivity contribution in [3.63, 3.8) is 0 Å². The van der Waals surface area contributed by atoms with Gasteiger partial charge in [0.05, 0.1) is 11.7 Å². The van der Waals surface area contributed by atoms with Crippen LogP contribution in [0.15, 0.2) is 36.2 Å². The number of hydrogen-bond acceptors (Lipinski definition) is 4. The molecule has 0 aromatic heterocycles. The zero-order valence-corrected chi connectivity index (χ0v) is 18.2. The van der Waals surface area contributed by atoms with E-state index in [9.17, 15) is 14.0 Å². The maximum atomic E-state index is 13.1. The largest absolute Gasteiger partial charge is 0.489 e. The Labute approximate surface area is 187 Å². The highest BCUT2D eigenvalue weighted by Crippen LogP contribution is 2.62. The summed E-state index contributed by atoms with van der Waals surface area (Å²) in [5.74, 6) is 0.809. The number of fused-ring (bicyclic) bond motifs is 2. The van der Waals surface area contributed by atoms with Crippen LogP contribution in [0.4, 0.5) is 9.18 Å². The predicted molar refractivity (Wildman–Crippen MR) is 116 cm³/mol. The van der Waals surface area contributed by atoms with Crippen molar-refractivity contribution < 1.29 is 28.6 Å². The minimum Gasteiger partial charge on any atom is -0.489 e. The predicted octanol–water partition coefficient (Wildman–Crippen LogP) is 3.68. The molecule has 32 heavy (non-hydrogen) atoms. The number of ether oxygens (including phenoxy) is 2. The van der Waals surface area contributed by atoms with Crippen LogP contribution < -0.4 is 15.4 Å². The van der Waals surface area contributed by atoms with Crippen molar-refractivity contribution >= 4 is 12.0 Å². The van der Waals surface area contributed by atoms with Gasteiger partial charge in [-0.3, -0.25) is 4.79 Å². The van der Waals surface area contributed by atoms with Gasteiger partial charge < -0.3 is 25.2 Å². The summed E-state index contributed by atoms with van der Waals surface area (Å²) < 4.78 is 23.9. The second-order valence-corrected chi connectivity index (χ2v) is 9.34. The molecule has 3 aliphatic rings. The van der Waals surface area contributed by atoms with Crippen molar-refractivity contribution in [2.24, 2.45) is 5.41 Å². The van der Waals surface area contributed by atoms with E-state index in [1.54, 1.807) is 0 Å². The molecule has 1 aromatic rings. The molecule has 0 atom stereocenters. The molecule has 2 aliphatic carbocycles. The quantitative estimate of drug-likeness (QED) is 0.566. The van der Waals surface area contributed by atoms with E-state index in [4.69, 9.17) is 14.6 Å². The lowest BCUT2D eigenvalue weighted by Crippen LogP contribution is -2.45. The van der Waals surface area contributed by atoms with Crippen molar-refractivity contribution in [3.8, 4) is 5.75 Å². The molecular weight excluding hydrogens is 415 g/mol. The van der Waals surface area contributed by atoms with Gasteiger partial charge in [0.15, 0.2) is 0 Å². The standard InChI is InChI=1S/C24H31FN2O5/c25-13-17(14-26-22(29)30)15-32-20-3-1-18(2-4-20)23-7-9-24(16-23,10-8-23)21(28)27-19-5-11-31-12-6-19/h1-4,13,19,26H,5-12,14-16H2,(H,27,28)(H,29,30). The second-order valence-electron chi connectivity index (χ2n) is 9.34. The van der Waals surface area contributed by atoms with E-state index in [1.165, 1.54) is 5.56 Å². The maximum Gasteiger partial charge on any atom is 0.404 e. The van der Waals surface area contributed by atoms with Crippen molar-refractivity contribution in [1.29, 1.82) is 0 Å². The monoisotopic (exact) mass is 446 g/mol. The first-order chi connectivity index (χ1) is 15.4. The van der Waals surface area contributed by atoms with Gasteiger partial charge in [-0.1, -0.05) is 12.1 Å². The number of amides is 2. The van der Waals surface area contributed by atoms with Gasteiger partial charge in [0.2, 0.25) is 5.91 Å². The molecule has 174 valence electrons. The van der Waals surface area contributed by atoms with Crippen LogP contribution in [0.5, 0.6) is 5.75 Å². The molecule has 2 amide bonds. The van der Waals surface area contributed by atoms with Gasteiger partial charge in [-0.25, -0.2) is 9.18 Å². The molecule has 0 spiro atoms. The van der Waals surface area contributed by atoms with Crippen molar-refractivity contribution in [2.75, 3.05) is 26.4 Å². The molecule has 3 fully saturated rings. The van der Waals surface area contributed by atoms with Crippen LogP contribution in [0.25, 0.3) is 0 Å². The summed E-state index contributed by atoms with van der Waals surface area (Å²) >= 11 is 0. The van der Waals surface area contributed by atoms with Crippen LogP contribution in [0.2, 0.25) is 0 Å². The summed E-state index contributed by atoms with van der Waals surface area (Å²) in [4.78, 5) is 23.7. The van der Waals surface area contributed by atoms with Gasteiger partial charge in [0, 0.05) is 31.4 Å². The number of carbonyl (C=O) groups excluding carboxylic acids is 1. The molecule has 1 aromatic carbocycles. The molecule has 7 nitrogen and oxygen atoms in total. The minimum atomic E-state index is -1.21. The van der Waals surface area contributed by atoms with E-state index in [0.717, 1.165) is 58.2 Å². The van der Waals surface area contributed by atoms with Crippen LogP contribution in [-0.4, -0.2) is 49.5 Å². The Morgan fingerprint density at radius 1 is 1.16 bits per heavy atom. The SMILES string of the molecule is O=C(O)NCC(=CF)COc1ccc(C23CCC(C(=O)NC4CCOCC4)(CC2)C3)cc1. The van der Waals surface area contributed by atoms with Gasteiger partial charge in [-0.2, -0.15) is 0 Å². The zero-order valence-electron chi connectivity index (χ0n) is 18.2. The molecule has 1 heterocycles. The number of carboxylic acid groups (broad SMARTS) is 1. The first-order valence-corrected chi connectivity index (χ1v) is 11.3. The number of nitrogens with one attached hydrogen (secondary N) is 2. The lowest BCUT2D eigenvalue weighted by molar-refractivity contribution is -0.132. The molecule has 0 unspecified atom stereocenters. The molecule has 1 aliphatic heterocycles. The smallest absolute Gasteiger partial charge is 0.404 e. The average molecular weight is 447 g/mol. The van der Waals surface area contributed by atoms with Crippen LogP contribution in [0, 0.1) is 5.41 Å². The fraction of sp³-hybridized carbons (Fsp3) is 0.583. The van der Waals surface area contributed by atoms with Gasteiger partial charge in [-0.15, -0.1) is 0 Å². The summed E-state index contributed by atoms with van der Waals surface area (Å²) in [6.45, 7) is 1.28. The molecule has 2 saturated carbocycles. The number of carbonyl (C=O) groups is 2. The topological polar surface area (TPSA) is 96.9 Å². The molecule has 3 N–H and O–H groups in total. The Bertz CT molecular complexity index is 856. The highest BCUT2D eigenvalue weighted by Gasteiger charge is 2.58. The Hall–Kier alpha value is -2.61. The number of benzene rings is 1. The van der Waals surface area contributed by atoms with E-state index < -0.39 is 6.09 Å². The fourth-order valence-corrected chi connectivity index (χ4v) is 5.48. The van der Waals surface area contributed by atoms with Crippen molar-refractivity contribution in [1.82, 2.24) is 10.6 Å². The van der Waals surface area contributed by atoms with Gasteiger partial charge in [-0.05, 0) is 68.1 Å². The van der Waals surface area contributed by atoms with E-state index in [-0.39, 0.29) is 41.5 Å². The van der Waals surface area contributed by atoms with E-state index in [2.05, 4.69) is 10.6 Å². The lowest BCUT2D eigenvalue weighted by atomic mass is 9.77. The third kappa shape index (κ3) is 4.75. The maximum absolute atomic E-state index is 13.1. The summed E-state index contributed by atoms with van der Waals surface area (Å²) in [5, 5.41) is 14.0. The summed E-state index contributed by atoms with van der Waals surface area (Å²) in [5.41, 5.74) is 1.20. The fourth-order valence-electron chi connectivity index (χ4n) is 5.48. The Morgan fingerprint density at radius 3 is 2.47 bits per heavy atom. The Morgan fingerprint density at radius 2 is 1.84 bits per heavy atom. The van der Waals surface area contributed by atoms with E-state index in [0.29, 0.717) is 12.1 Å². The van der Waals surface area contributed by atoms with Crippen molar-refractivity contribution in [3.05, 3.63) is 41.7 Å². The number of halogens is 1. The Kier molecular flexibility index (Phi) is 6.69. The summed E-state index contributed by atoms with van der Waals surface area (Å²) in [6.07, 6.45) is 5.66. The molecule has 1 saturated heterocycles. The number of hydrogen-bond donors (Lipinski definition) is 3. The average Bonchev–Trinajstić information content (AvgIpc) is 3.39. The third-order valence-corrected chi connectivity index (χ3v) is 7.39. The highest BCUT2D eigenvalue weighted by atomic mass is 19.1. The summed E-state index contributed by atoms with van der Waals surface area (Å²) in [7, 11) is 0. The summed E-state index contributed by atoms with van der Waals surface area (Å²) in [6, 6.07) is 8.05.